The van der Waals surface area contributed by atoms with Gasteiger partial charge in [0.25, 0.3) is 0 Å². The van der Waals surface area contributed by atoms with Crippen molar-refractivity contribution in [3.63, 3.8) is 0 Å². The summed E-state index contributed by atoms with van der Waals surface area (Å²) in [6.07, 6.45) is -1.15. The SMILES string of the molecule is O=C1CC(CO)(C2NC(c3ccc(O)c(F)c3)NO2)CN1c1ccc(Cl)cc1. The number of amides is 1. The highest BCUT2D eigenvalue weighted by Crippen LogP contribution is 2.40. The lowest BCUT2D eigenvalue weighted by molar-refractivity contribution is -0.120. The number of halogens is 2. The Balaban J connectivity index is 1.53. The van der Waals surface area contributed by atoms with E-state index in [2.05, 4.69) is 10.8 Å². The molecule has 0 aliphatic carbocycles. The average molecular weight is 408 g/mol. The van der Waals surface area contributed by atoms with Gasteiger partial charge in [0.1, 0.15) is 12.4 Å². The van der Waals surface area contributed by atoms with Gasteiger partial charge in [-0.15, -0.1) is 0 Å². The maximum absolute atomic E-state index is 13.6. The molecule has 0 spiro atoms. The zero-order valence-electron chi connectivity index (χ0n) is 14.7. The fourth-order valence-electron chi connectivity index (χ4n) is 3.60. The molecule has 3 unspecified atom stereocenters. The predicted octanol–water partition coefficient (Wildman–Crippen LogP) is 2.05. The number of hydroxylamine groups is 1. The van der Waals surface area contributed by atoms with Crippen molar-refractivity contribution in [2.75, 3.05) is 18.1 Å². The van der Waals surface area contributed by atoms with Crippen LogP contribution in [-0.4, -0.2) is 35.5 Å². The van der Waals surface area contributed by atoms with Gasteiger partial charge in [-0.25, -0.2) is 4.39 Å². The lowest BCUT2D eigenvalue weighted by Crippen LogP contribution is -2.47. The second kappa shape index (κ2) is 7.31. The molecule has 3 atom stereocenters. The summed E-state index contributed by atoms with van der Waals surface area (Å²) in [5.41, 5.74) is 3.09. The van der Waals surface area contributed by atoms with E-state index in [0.717, 1.165) is 0 Å². The van der Waals surface area contributed by atoms with Crippen molar-refractivity contribution in [1.82, 2.24) is 10.8 Å². The number of nitrogens with one attached hydrogen (secondary N) is 2. The van der Waals surface area contributed by atoms with Crippen LogP contribution in [-0.2, 0) is 9.63 Å². The van der Waals surface area contributed by atoms with Crippen LogP contribution in [0.25, 0.3) is 0 Å². The summed E-state index contributed by atoms with van der Waals surface area (Å²) in [5.74, 6) is -1.32. The summed E-state index contributed by atoms with van der Waals surface area (Å²) < 4.78 is 13.6. The van der Waals surface area contributed by atoms with Crippen LogP contribution in [0.5, 0.6) is 5.75 Å². The molecule has 148 valence electrons. The van der Waals surface area contributed by atoms with Crippen LogP contribution < -0.4 is 15.7 Å². The number of phenols is 1. The number of carbonyl (C=O) groups excluding carboxylic acids is 1. The number of benzene rings is 2. The van der Waals surface area contributed by atoms with E-state index in [9.17, 15) is 19.4 Å². The summed E-state index contributed by atoms with van der Waals surface area (Å²) in [5, 5.41) is 23.2. The summed E-state index contributed by atoms with van der Waals surface area (Å²) >= 11 is 5.91. The molecule has 0 aromatic heterocycles. The summed E-state index contributed by atoms with van der Waals surface area (Å²) in [7, 11) is 0. The average Bonchev–Trinajstić information content (AvgIpc) is 3.30. The van der Waals surface area contributed by atoms with Crippen molar-refractivity contribution in [2.45, 2.75) is 18.8 Å². The van der Waals surface area contributed by atoms with Crippen LogP contribution in [0.3, 0.4) is 0 Å². The minimum Gasteiger partial charge on any atom is -0.505 e. The van der Waals surface area contributed by atoms with E-state index in [1.807, 2.05) is 0 Å². The third-order valence-corrected chi connectivity index (χ3v) is 5.47. The van der Waals surface area contributed by atoms with Crippen molar-refractivity contribution in [3.05, 3.63) is 58.9 Å². The number of hydrogen-bond donors (Lipinski definition) is 4. The molecule has 2 aromatic carbocycles. The van der Waals surface area contributed by atoms with Crippen molar-refractivity contribution < 1.29 is 24.2 Å². The Bertz CT molecular complexity index is 897. The summed E-state index contributed by atoms with van der Waals surface area (Å²) in [6, 6.07) is 10.9. The van der Waals surface area contributed by atoms with Crippen LogP contribution in [0.4, 0.5) is 10.1 Å². The molecule has 2 saturated heterocycles. The van der Waals surface area contributed by atoms with Gasteiger partial charge in [0, 0.05) is 23.7 Å². The number of aromatic hydroxyl groups is 1. The Morgan fingerprint density at radius 2 is 2.04 bits per heavy atom. The number of rotatable bonds is 4. The van der Waals surface area contributed by atoms with Gasteiger partial charge >= 0.3 is 0 Å². The highest BCUT2D eigenvalue weighted by atomic mass is 35.5. The second-order valence-electron chi connectivity index (χ2n) is 7.08. The molecule has 28 heavy (non-hydrogen) atoms. The number of hydrogen-bond acceptors (Lipinski definition) is 6. The van der Waals surface area contributed by atoms with E-state index in [-0.39, 0.29) is 25.5 Å². The topological polar surface area (TPSA) is 94.1 Å². The Morgan fingerprint density at radius 1 is 1.29 bits per heavy atom. The molecule has 7 nitrogen and oxygen atoms in total. The molecule has 2 heterocycles. The number of anilines is 1. The Hall–Kier alpha value is -2.23. The normalized spacial score (nSPS) is 27.5. The first-order valence-electron chi connectivity index (χ1n) is 8.74. The Labute approximate surface area is 165 Å². The quantitative estimate of drug-likeness (QED) is 0.620. The van der Waals surface area contributed by atoms with Gasteiger partial charge < -0.3 is 15.1 Å². The molecule has 2 aliphatic rings. The van der Waals surface area contributed by atoms with Crippen LogP contribution in [0, 0.1) is 11.2 Å². The number of aliphatic hydroxyl groups excluding tert-OH is 1. The van der Waals surface area contributed by atoms with E-state index >= 15 is 0 Å². The highest BCUT2D eigenvalue weighted by molar-refractivity contribution is 6.30. The van der Waals surface area contributed by atoms with Gasteiger partial charge in [0.15, 0.2) is 11.6 Å². The van der Waals surface area contributed by atoms with E-state index in [4.69, 9.17) is 16.4 Å². The number of carbonyl (C=O) groups is 1. The molecular formula is C19H19ClFN3O4. The number of aliphatic hydroxyl groups is 1. The maximum atomic E-state index is 13.6. The Morgan fingerprint density at radius 3 is 2.71 bits per heavy atom. The van der Waals surface area contributed by atoms with Gasteiger partial charge in [-0.2, -0.15) is 5.48 Å². The van der Waals surface area contributed by atoms with E-state index in [0.29, 0.717) is 16.3 Å². The predicted molar refractivity (Wildman–Crippen MR) is 99.9 cm³/mol. The van der Waals surface area contributed by atoms with Crippen LogP contribution in [0.1, 0.15) is 18.2 Å². The van der Waals surface area contributed by atoms with E-state index in [1.54, 1.807) is 35.2 Å². The molecule has 1 amide bonds. The molecular weight excluding hydrogens is 389 g/mol. The van der Waals surface area contributed by atoms with Crippen molar-refractivity contribution in [3.8, 4) is 5.75 Å². The van der Waals surface area contributed by atoms with E-state index < -0.39 is 29.4 Å². The molecule has 4 N–H and O–H groups in total. The molecule has 2 aliphatic heterocycles. The molecule has 0 saturated carbocycles. The van der Waals surface area contributed by atoms with Gasteiger partial charge in [0.05, 0.1) is 12.0 Å². The van der Waals surface area contributed by atoms with Gasteiger partial charge in [-0.3, -0.25) is 14.9 Å². The third-order valence-electron chi connectivity index (χ3n) is 5.21. The van der Waals surface area contributed by atoms with Gasteiger partial charge in [-0.05, 0) is 42.0 Å². The third kappa shape index (κ3) is 3.34. The van der Waals surface area contributed by atoms with Crippen LogP contribution >= 0.6 is 11.6 Å². The first kappa shape index (κ1) is 19.1. The molecule has 2 aromatic rings. The van der Waals surface area contributed by atoms with Gasteiger partial charge in [-0.1, -0.05) is 17.7 Å². The second-order valence-corrected chi connectivity index (χ2v) is 7.52. The summed E-state index contributed by atoms with van der Waals surface area (Å²) in [4.78, 5) is 19.8. The largest absolute Gasteiger partial charge is 0.505 e. The monoisotopic (exact) mass is 407 g/mol. The molecule has 0 radical (unpaired) electrons. The summed E-state index contributed by atoms with van der Waals surface area (Å²) in [6.45, 7) is -0.0290. The zero-order valence-corrected chi connectivity index (χ0v) is 15.5. The smallest absolute Gasteiger partial charge is 0.227 e. The number of nitrogens with zero attached hydrogens (tertiary/aromatic N) is 1. The van der Waals surface area contributed by atoms with Gasteiger partial charge in [0.2, 0.25) is 5.91 Å². The lowest BCUT2D eigenvalue weighted by Gasteiger charge is -2.31. The number of phenolic OH excluding ortho intramolecular Hbond substituents is 1. The standard InChI is InChI=1S/C19H19ClFN3O4/c20-12-2-4-13(5-3-12)24-9-19(10-25,8-16(24)27)18-22-17(23-28-18)11-1-6-15(26)14(21)7-11/h1-7,17-18,22-23,25-26H,8-10H2. The minimum atomic E-state index is -0.881. The first-order chi connectivity index (χ1) is 13.4. The van der Waals surface area contributed by atoms with Crippen molar-refractivity contribution >= 4 is 23.2 Å². The van der Waals surface area contributed by atoms with Crippen LogP contribution in [0.15, 0.2) is 42.5 Å². The molecule has 9 heteroatoms. The Kier molecular flexibility index (Phi) is 4.98. The molecule has 4 rings (SSSR count). The fourth-order valence-corrected chi connectivity index (χ4v) is 3.73. The highest BCUT2D eigenvalue weighted by Gasteiger charge is 2.52. The lowest BCUT2D eigenvalue weighted by atomic mass is 9.85. The zero-order chi connectivity index (χ0) is 19.9. The van der Waals surface area contributed by atoms with Crippen molar-refractivity contribution in [1.29, 1.82) is 0 Å². The van der Waals surface area contributed by atoms with Crippen molar-refractivity contribution in [2.24, 2.45) is 5.41 Å². The van der Waals surface area contributed by atoms with E-state index in [1.165, 1.54) is 12.1 Å². The fraction of sp³-hybridized carbons (Fsp3) is 0.316. The first-order valence-corrected chi connectivity index (χ1v) is 9.12. The molecule has 0 bridgehead atoms. The molecule has 2 fully saturated rings. The maximum Gasteiger partial charge on any atom is 0.227 e. The van der Waals surface area contributed by atoms with Crippen LogP contribution in [0.2, 0.25) is 5.02 Å². The minimum absolute atomic E-state index is 0.0854.